The van der Waals surface area contributed by atoms with Crippen molar-refractivity contribution in [2.45, 2.75) is 83.0 Å². The van der Waals surface area contributed by atoms with Crippen molar-refractivity contribution in [3.63, 3.8) is 0 Å². The number of nitrogens with zero attached hydrogens (tertiary/aromatic N) is 1. The van der Waals surface area contributed by atoms with E-state index in [1.54, 1.807) is 12.1 Å². The van der Waals surface area contributed by atoms with Gasteiger partial charge in [-0.2, -0.15) is 0 Å². The van der Waals surface area contributed by atoms with Crippen molar-refractivity contribution in [2.24, 2.45) is 16.8 Å². The number of aliphatic imine (C=N–C) groups is 1. The van der Waals surface area contributed by atoms with Gasteiger partial charge in [0.25, 0.3) is 0 Å². The molecular formula is C29H39FN2O5. The Balaban J connectivity index is 1.39. The minimum Gasteiger partial charge on any atom is -0.478 e. The molecule has 5 atom stereocenters. The number of hydrogen-bond donors (Lipinski definition) is 1. The number of nitrogens with one attached hydrogen (secondary N) is 1. The van der Waals surface area contributed by atoms with Crippen LogP contribution in [0, 0.1) is 17.7 Å². The summed E-state index contributed by atoms with van der Waals surface area (Å²) >= 11 is 0. The number of esters is 1. The second-order valence-electron chi connectivity index (χ2n) is 10.2. The van der Waals surface area contributed by atoms with Crippen LogP contribution in [-0.2, 0) is 30.2 Å². The van der Waals surface area contributed by atoms with Gasteiger partial charge >= 0.3 is 5.97 Å². The molecule has 3 aliphatic heterocycles. The van der Waals surface area contributed by atoms with E-state index in [4.69, 9.17) is 9.47 Å². The Labute approximate surface area is 218 Å². The molecule has 3 heterocycles. The fourth-order valence-electron chi connectivity index (χ4n) is 5.71. The second kappa shape index (κ2) is 13.2. The number of unbranched alkanes of at least 4 members (excludes halogenated alkanes) is 5. The number of rotatable bonds is 13. The van der Waals surface area contributed by atoms with Crippen molar-refractivity contribution < 1.29 is 28.2 Å². The van der Waals surface area contributed by atoms with E-state index in [2.05, 4.69) is 22.0 Å². The van der Waals surface area contributed by atoms with E-state index >= 15 is 0 Å². The van der Waals surface area contributed by atoms with Gasteiger partial charge in [-0.05, 0) is 55.0 Å². The number of carbonyl (C=O) groups is 2. The SMILES string of the molecule is CCCCCCCCNC(=O)C1COC(C2C3CCC(O3)C2Cc2cc(F)ccc2/C=C/C(=O)OC)=N1. The predicted octanol–water partition coefficient (Wildman–Crippen LogP) is 4.62. The minimum absolute atomic E-state index is 0.0127. The molecular weight excluding hydrogens is 475 g/mol. The van der Waals surface area contributed by atoms with E-state index in [0.717, 1.165) is 36.8 Å². The zero-order chi connectivity index (χ0) is 26.2. The summed E-state index contributed by atoms with van der Waals surface area (Å²) in [7, 11) is 1.32. The Morgan fingerprint density at radius 3 is 2.76 bits per heavy atom. The Morgan fingerprint density at radius 2 is 1.95 bits per heavy atom. The van der Waals surface area contributed by atoms with Crippen molar-refractivity contribution in [2.75, 3.05) is 20.3 Å². The maximum absolute atomic E-state index is 14.2. The van der Waals surface area contributed by atoms with Crippen LogP contribution in [0.5, 0.6) is 0 Å². The van der Waals surface area contributed by atoms with Crippen LogP contribution in [0.4, 0.5) is 4.39 Å². The lowest BCUT2D eigenvalue weighted by Crippen LogP contribution is -2.35. The molecule has 0 aliphatic carbocycles. The number of ether oxygens (including phenoxy) is 3. The Kier molecular flexibility index (Phi) is 9.72. The molecule has 3 aliphatic rings. The summed E-state index contributed by atoms with van der Waals surface area (Å²) in [4.78, 5) is 29.0. The highest BCUT2D eigenvalue weighted by molar-refractivity contribution is 5.90. The van der Waals surface area contributed by atoms with Crippen molar-refractivity contribution in [1.29, 1.82) is 0 Å². The standard InChI is InChI=1S/C29H39FN2O5/c1-3-4-5-6-7-8-15-31-28(34)23-18-36-29(32-23)27-22(24-12-13-25(27)37-24)17-20-16-21(30)11-9-19(20)10-14-26(33)35-2/h9-11,14,16,22-25,27H,3-8,12-13,15,17-18H2,1-2H3,(H,31,34)/b14-10+. The fourth-order valence-corrected chi connectivity index (χ4v) is 5.71. The minimum atomic E-state index is -0.539. The van der Waals surface area contributed by atoms with E-state index in [9.17, 15) is 14.0 Å². The third-order valence-corrected chi connectivity index (χ3v) is 7.67. The summed E-state index contributed by atoms with van der Waals surface area (Å²) in [5, 5.41) is 3.01. The van der Waals surface area contributed by atoms with Gasteiger partial charge in [0.05, 0.1) is 25.2 Å². The molecule has 5 unspecified atom stereocenters. The number of carbonyl (C=O) groups excluding carboxylic acids is 2. The topological polar surface area (TPSA) is 86.2 Å². The molecule has 1 N–H and O–H groups in total. The van der Waals surface area contributed by atoms with Crippen LogP contribution in [0.1, 0.15) is 69.4 Å². The van der Waals surface area contributed by atoms with E-state index in [-0.39, 0.29) is 42.4 Å². The highest BCUT2D eigenvalue weighted by atomic mass is 19.1. The fraction of sp³-hybridized carbons (Fsp3) is 0.621. The monoisotopic (exact) mass is 514 g/mol. The van der Waals surface area contributed by atoms with Gasteiger partial charge in [-0.15, -0.1) is 0 Å². The maximum atomic E-state index is 14.2. The van der Waals surface area contributed by atoms with Crippen LogP contribution in [0.3, 0.4) is 0 Å². The van der Waals surface area contributed by atoms with Gasteiger partial charge in [-0.3, -0.25) is 4.79 Å². The van der Waals surface area contributed by atoms with Gasteiger partial charge < -0.3 is 19.5 Å². The first kappa shape index (κ1) is 27.3. The summed E-state index contributed by atoms with van der Waals surface area (Å²) in [5.74, 6) is -0.330. The summed E-state index contributed by atoms with van der Waals surface area (Å²) in [5.41, 5.74) is 1.55. The quantitative estimate of drug-likeness (QED) is 0.236. The predicted molar refractivity (Wildman–Crippen MR) is 140 cm³/mol. The smallest absolute Gasteiger partial charge is 0.330 e. The number of methoxy groups -OCH3 is 1. The molecule has 2 saturated heterocycles. The molecule has 0 spiro atoms. The number of halogens is 1. The molecule has 2 bridgehead atoms. The molecule has 7 nitrogen and oxygen atoms in total. The molecule has 0 radical (unpaired) electrons. The van der Waals surface area contributed by atoms with Crippen LogP contribution < -0.4 is 5.32 Å². The molecule has 202 valence electrons. The van der Waals surface area contributed by atoms with Crippen LogP contribution in [-0.4, -0.2) is 56.3 Å². The molecule has 1 aromatic rings. The Bertz CT molecular complexity index is 1010. The second-order valence-corrected chi connectivity index (χ2v) is 10.2. The molecule has 37 heavy (non-hydrogen) atoms. The van der Waals surface area contributed by atoms with E-state index in [0.29, 0.717) is 18.9 Å². The molecule has 2 fully saturated rings. The third kappa shape index (κ3) is 6.98. The average Bonchev–Trinajstić information content (AvgIpc) is 3.64. The first-order chi connectivity index (χ1) is 18.0. The van der Waals surface area contributed by atoms with Crippen LogP contribution in [0.2, 0.25) is 0 Å². The van der Waals surface area contributed by atoms with Crippen LogP contribution in [0.15, 0.2) is 29.3 Å². The highest BCUT2D eigenvalue weighted by Gasteiger charge is 2.53. The van der Waals surface area contributed by atoms with Crippen LogP contribution in [0.25, 0.3) is 6.08 Å². The molecule has 8 heteroatoms. The summed E-state index contributed by atoms with van der Waals surface area (Å²) in [6.07, 6.45) is 12.5. The number of hydrogen-bond acceptors (Lipinski definition) is 6. The number of fused-ring (bicyclic) bond motifs is 2. The molecule has 1 amide bonds. The van der Waals surface area contributed by atoms with Crippen molar-refractivity contribution in [1.82, 2.24) is 5.32 Å². The van der Waals surface area contributed by atoms with Crippen molar-refractivity contribution >= 4 is 23.9 Å². The average molecular weight is 515 g/mol. The molecule has 0 aromatic heterocycles. The van der Waals surface area contributed by atoms with E-state index < -0.39 is 12.0 Å². The lowest BCUT2D eigenvalue weighted by Gasteiger charge is -2.28. The zero-order valence-electron chi connectivity index (χ0n) is 21.9. The number of benzene rings is 1. The van der Waals surface area contributed by atoms with E-state index in [1.165, 1.54) is 51.0 Å². The summed E-state index contributed by atoms with van der Waals surface area (Å²) in [6.45, 7) is 3.10. The van der Waals surface area contributed by atoms with Gasteiger partial charge in [0.1, 0.15) is 12.4 Å². The third-order valence-electron chi connectivity index (χ3n) is 7.67. The normalized spacial score (nSPS) is 26.4. The molecule has 4 rings (SSSR count). The largest absolute Gasteiger partial charge is 0.478 e. The van der Waals surface area contributed by atoms with E-state index in [1.807, 2.05) is 0 Å². The van der Waals surface area contributed by atoms with Crippen LogP contribution >= 0.6 is 0 Å². The Morgan fingerprint density at radius 1 is 1.16 bits per heavy atom. The lowest BCUT2D eigenvalue weighted by molar-refractivity contribution is -0.134. The summed E-state index contributed by atoms with van der Waals surface area (Å²) in [6, 6.07) is 4.02. The van der Waals surface area contributed by atoms with Gasteiger partial charge in [-0.1, -0.05) is 45.1 Å². The first-order valence-electron chi connectivity index (χ1n) is 13.7. The lowest BCUT2D eigenvalue weighted by atomic mass is 9.75. The van der Waals surface area contributed by atoms with Crippen molar-refractivity contribution in [3.8, 4) is 0 Å². The van der Waals surface area contributed by atoms with Gasteiger partial charge in [0, 0.05) is 18.5 Å². The molecule has 1 aromatic carbocycles. The highest BCUT2D eigenvalue weighted by Crippen LogP contribution is 2.46. The van der Waals surface area contributed by atoms with Gasteiger partial charge in [0.15, 0.2) is 11.9 Å². The van der Waals surface area contributed by atoms with Crippen molar-refractivity contribution in [3.05, 3.63) is 41.2 Å². The van der Waals surface area contributed by atoms with Gasteiger partial charge in [-0.25, -0.2) is 14.2 Å². The Hall–Kier alpha value is -2.74. The first-order valence-corrected chi connectivity index (χ1v) is 13.7. The maximum Gasteiger partial charge on any atom is 0.330 e. The van der Waals surface area contributed by atoms with Gasteiger partial charge in [0.2, 0.25) is 5.91 Å². The number of amides is 1. The summed E-state index contributed by atoms with van der Waals surface area (Å²) < 4.78 is 31.1. The molecule has 0 saturated carbocycles. The zero-order valence-corrected chi connectivity index (χ0v) is 21.9.